The molecule has 1 aliphatic rings. The Bertz CT molecular complexity index is 438. The molecule has 1 N–H and O–H groups in total. The number of benzene rings is 1. The lowest BCUT2D eigenvalue weighted by atomic mass is 9.77. The first-order valence-electron chi connectivity index (χ1n) is 6.79. The van der Waals surface area contributed by atoms with Crippen LogP contribution in [0.1, 0.15) is 38.2 Å². The summed E-state index contributed by atoms with van der Waals surface area (Å²) in [5, 5.41) is 3.91. The predicted molar refractivity (Wildman–Crippen MR) is 79.3 cm³/mol. The zero-order valence-electron chi connectivity index (χ0n) is 11.2. The third kappa shape index (κ3) is 3.84. The van der Waals surface area contributed by atoms with E-state index >= 15 is 0 Å². The summed E-state index contributed by atoms with van der Waals surface area (Å²) < 4.78 is 13.8. The third-order valence-corrected chi connectivity index (χ3v) is 4.76. The molecule has 1 aromatic rings. The quantitative estimate of drug-likeness (QED) is 0.791. The van der Waals surface area contributed by atoms with Crippen LogP contribution in [0.25, 0.3) is 0 Å². The highest BCUT2D eigenvalue weighted by Gasteiger charge is 2.33. The van der Waals surface area contributed by atoms with Crippen LogP contribution >= 0.6 is 23.2 Å². The molecule has 0 heterocycles. The minimum atomic E-state index is -0.256. The van der Waals surface area contributed by atoms with Crippen molar-refractivity contribution in [2.24, 2.45) is 5.92 Å². The SMILES string of the molecule is CC1CCCC(CCl)(NCc2ccc(Cl)cc2F)C1. The molecule has 106 valence electrons. The Morgan fingerprint density at radius 1 is 1.47 bits per heavy atom. The highest BCUT2D eigenvalue weighted by molar-refractivity contribution is 6.30. The normalized spacial score (nSPS) is 27.5. The lowest BCUT2D eigenvalue weighted by Crippen LogP contribution is -2.49. The van der Waals surface area contributed by atoms with Crippen LogP contribution in [0.15, 0.2) is 18.2 Å². The molecule has 1 aromatic carbocycles. The molecule has 0 saturated heterocycles. The van der Waals surface area contributed by atoms with Gasteiger partial charge >= 0.3 is 0 Å². The first-order valence-corrected chi connectivity index (χ1v) is 7.71. The molecule has 1 fully saturated rings. The highest BCUT2D eigenvalue weighted by Crippen LogP contribution is 2.33. The Kier molecular flexibility index (Phi) is 5.10. The molecule has 0 amide bonds. The van der Waals surface area contributed by atoms with E-state index in [2.05, 4.69) is 12.2 Å². The van der Waals surface area contributed by atoms with Crippen molar-refractivity contribution in [2.75, 3.05) is 5.88 Å². The molecule has 2 unspecified atom stereocenters. The van der Waals surface area contributed by atoms with Gasteiger partial charge in [0.2, 0.25) is 0 Å². The summed E-state index contributed by atoms with van der Waals surface area (Å²) in [7, 11) is 0. The minimum Gasteiger partial charge on any atom is -0.306 e. The summed E-state index contributed by atoms with van der Waals surface area (Å²) in [4.78, 5) is 0. The molecule has 0 aliphatic heterocycles. The maximum atomic E-state index is 13.8. The summed E-state index contributed by atoms with van der Waals surface area (Å²) in [6, 6.07) is 4.81. The monoisotopic (exact) mass is 303 g/mol. The Labute approximate surface area is 124 Å². The number of hydrogen-bond acceptors (Lipinski definition) is 1. The molecule has 0 spiro atoms. The van der Waals surface area contributed by atoms with Gasteiger partial charge in [0, 0.05) is 28.5 Å². The Morgan fingerprint density at radius 3 is 2.89 bits per heavy atom. The van der Waals surface area contributed by atoms with Gasteiger partial charge in [-0.15, -0.1) is 11.6 Å². The number of hydrogen-bond donors (Lipinski definition) is 1. The smallest absolute Gasteiger partial charge is 0.129 e. The van der Waals surface area contributed by atoms with E-state index in [1.165, 1.54) is 18.9 Å². The van der Waals surface area contributed by atoms with Crippen molar-refractivity contribution in [3.05, 3.63) is 34.6 Å². The van der Waals surface area contributed by atoms with Gasteiger partial charge in [-0.25, -0.2) is 4.39 Å². The van der Waals surface area contributed by atoms with Crippen LogP contribution in [0.2, 0.25) is 5.02 Å². The van der Waals surface area contributed by atoms with Crippen molar-refractivity contribution in [1.29, 1.82) is 0 Å². The van der Waals surface area contributed by atoms with Crippen LogP contribution in [0.3, 0.4) is 0 Å². The maximum absolute atomic E-state index is 13.8. The van der Waals surface area contributed by atoms with Gasteiger partial charge in [0.25, 0.3) is 0 Å². The Balaban J connectivity index is 2.03. The second-order valence-electron chi connectivity index (χ2n) is 5.70. The minimum absolute atomic E-state index is 0.0503. The van der Waals surface area contributed by atoms with Gasteiger partial charge in [0.15, 0.2) is 0 Å². The van der Waals surface area contributed by atoms with Gasteiger partial charge in [-0.1, -0.05) is 37.4 Å². The average molecular weight is 304 g/mol. The molecule has 1 saturated carbocycles. The van der Waals surface area contributed by atoms with Crippen molar-refractivity contribution in [3.8, 4) is 0 Å². The second kappa shape index (κ2) is 6.43. The Morgan fingerprint density at radius 2 is 2.26 bits per heavy atom. The third-order valence-electron chi connectivity index (χ3n) is 4.02. The van der Waals surface area contributed by atoms with E-state index in [1.807, 2.05) is 0 Å². The fourth-order valence-electron chi connectivity index (χ4n) is 2.94. The van der Waals surface area contributed by atoms with E-state index in [9.17, 15) is 4.39 Å². The molecule has 2 atom stereocenters. The predicted octanol–water partition coefficient (Wildman–Crippen LogP) is 4.76. The van der Waals surface area contributed by atoms with Crippen molar-refractivity contribution in [1.82, 2.24) is 5.32 Å². The van der Waals surface area contributed by atoms with Gasteiger partial charge in [-0.2, -0.15) is 0 Å². The van der Waals surface area contributed by atoms with Gasteiger partial charge < -0.3 is 5.32 Å². The van der Waals surface area contributed by atoms with Crippen molar-refractivity contribution < 1.29 is 4.39 Å². The fourth-order valence-corrected chi connectivity index (χ4v) is 3.43. The van der Waals surface area contributed by atoms with Gasteiger partial charge in [0.05, 0.1) is 0 Å². The summed E-state index contributed by atoms with van der Waals surface area (Å²) in [6.45, 7) is 2.76. The second-order valence-corrected chi connectivity index (χ2v) is 6.41. The summed E-state index contributed by atoms with van der Waals surface area (Å²) in [5.41, 5.74) is 0.595. The van der Waals surface area contributed by atoms with Crippen LogP contribution in [0.4, 0.5) is 4.39 Å². The number of halogens is 3. The van der Waals surface area contributed by atoms with Crippen LogP contribution in [0.5, 0.6) is 0 Å². The topological polar surface area (TPSA) is 12.0 Å². The van der Waals surface area contributed by atoms with Crippen molar-refractivity contribution >= 4 is 23.2 Å². The molecule has 0 radical (unpaired) electrons. The first kappa shape index (κ1) is 15.1. The standard InChI is InChI=1S/C15H20Cl2FN/c1-11-3-2-6-15(8-11,10-16)19-9-12-4-5-13(17)7-14(12)18/h4-5,7,11,19H,2-3,6,8-10H2,1H3. The summed E-state index contributed by atoms with van der Waals surface area (Å²) in [6.07, 6.45) is 4.57. The van der Waals surface area contributed by atoms with Crippen LogP contribution < -0.4 is 5.32 Å². The summed E-state index contributed by atoms with van der Waals surface area (Å²) in [5.74, 6) is 0.996. The molecular weight excluding hydrogens is 284 g/mol. The maximum Gasteiger partial charge on any atom is 0.129 e. The molecule has 0 bridgehead atoms. The lowest BCUT2D eigenvalue weighted by molar-refractivity contribution is 0.207. The molecule has 4 heteroatoms. The van der Waals surface area contributed by atoms with E-state index in [0.29, 0.717) is 28.9 Å². The number of alkyl halides is 1. The van der Waals surface area contributed by atoms with E-state index in [4.69, 9.17) is 23.2 Å². The average Bonchev–Trinajstić information content (AvgIpc) is 2.38. The van der Waals surface area contributed by atoms with E-state index in [1.54, 1.807) is 12.1 Å². The van der Waals surface area contributed by atoms with E-state index in [0.717, 1.165) is 12.8 Å². The zero-order chi connectivity index (χ0) is 13.9. The first-order chi connectivity index (χ1) is 9.04. The van der Waals surface area contributed by atoms with E-state index < -0.39 is 0 Å². The molecule has 2 rings (SSSR count). The number of rotatable bonds is 4. The van der Waals surface area contributed by atoms with Crippen LogP contribution in [-0.2, 0) is 6.54 Å². The van der Waals surface area contributed by atoms with Gasteiger partial charge in [0.1, 0.15) is 5.82 Å². The van der Waals surface area contributed by atoms with Gasteiger partial charge in [-0.05, 0) is 30.9 Å². The molecular formula is C15H20Cl2FN. The van der Waals surface area contributed by atoms with Crippen molar-refractivity contribution in [3.63, 3.8) is 0 Å². The lowest BCUT2D eigenvalue weighted by Gasteiger charge is -2.39. The molecule has 1 nitrogen and oxygen atoms in total. The largest absolute Gasteiger partial charge is 0.306 e. The molecule has 19 heavy (non-hydrogen) atoms. The number of nitrogens with one attached hydrogen (secondary N) is 1. The Hall–Kier alpha value is -0.310. The van der Waals surface area contributed by atoms with Gasteiger partial charge in [-0.3, -0.25) is 0 Å². The van der Waals surface area contributed by atoms with E-state index in [-0.39, 0.29) is 11.4 Å². The van der Waals surface area contributed by atoms with Crippen LogP contribution in [0, 0.1) is 11.7 Å². The molecule has 0 aromatic heterocycles. The van der Waals surface area contributed by atoms with Crippen LogP contribution in [-0.4, -0.2) is 11.4 Å². The van der Waals surface area contributed by atoms with Crippen molar-refractivity contribution in [2.45, 2.75) is 44.7 Å². The zero-order valence-corrected chi connectivity index (χ0v) is 12.7. The summed E-state index contributed by atoms with van der Waals surface area (Å²) >= 11 is 11.9. The molecule has 1 aliphatic carbocycles. The fraction of sp³-hybridized carbons (Fsp3) is 0.600. The highest BCUT2D eigenvalue weighted by atomic mass is 35.5.